The van der Waals surface area contributed by atoms with Gasteiger partial charge >= 0.3 is 6.09 Å². The minimum absolute atomic E-state index is 0.105. The van der Waals surface area contributed by atoms with Crippen molar-refractivity contribution in [1.29, 1.82) is 0 Å². The van der Waals surface area contributed by atoms with Crippen LogP contribution in [0.2, 0.25) is 0 Å². The Morgan fingerprint density at radius 2 is 1.94 bits per heavy atom. The van der Waals surface area contributed by atoms with E-state index in [0.29, 0.717) is 5.92 Å². The molecule has 1 amide bonds. The summed E-state index contributed by atoms with van der Waals surface area (Å²) in [6, 6.07) is 0. The quantitative estimate of drug-likeness (QED) is 0.776. The SMILES string of the molecule is CC(C)(CCC1CCC(O)CC1)OC(N)=O. The molecule has 0 heterocycles. The van der Waals surface area contributed by atoms with Crippen molar-refractivity contribution < 1.29 is 14.6 Å². The molecule has 0 aromatic rings. The Labute approximate surface area is 97.2 Å². The maximum Gasteiger partial charge on any atom is 0.405 e. The lowest BCUT2D eigenvalue weighted by Gasteiger charge is -2.29. The molecule has 0 bridgehead atoms. The first-order valence-electron chi connectivity index (χ1n) is 6.05. The van der Waals surface area contributed by atoms with Crippen LogP contribution >= 0.6 is 0 Å². The zero-order valence-corrected chi connectivity index (χ0v) is 10.2. The smallest absolute Gasteiger partial charge is 0.405 e. The number of ether oxygens (including phenoxy) is 1. The van der Waals surface area contributed by atoms with E-state index in [1.54, 1.807) is 0 Å². The van der Waals surface area contributed by atoms with E-state index in [4.69, 9.17) is 10.5 Å². The van der Waals surface area contributed by atoms with Crippen LogP contribution in [0.5, 0.6) is 0 Å². The molecule has 0 radical (unpaired) electrons. The highest BCUT2D eigenvalue weighted by molar-refractivity contribution is 5.65. The molecule has 3 N–H and O–H groups in total. The van der Waals surface area contributed by atoms with Crippen molar-refractivity contribution >= 4 is 6.09 Å². The molecule has 0 aromatic heterocycles. The molecular weight excluding hydrogens is 206 g/mol. The number of rotatable bonds is 4. The number of amides is 1. The van der Waals surface area contributed by atoms with Gasteiger partial charge in [0.2, 0.25) is 0 Å². The van der Waals surface area contributed by atoms with Crippen LogP contribution in [0, 0.1) is 5.92 Å². The lowest BCUT2D eigenvalue weighted by molar-refractivity contribution is 0.0298. The number of nitrogens with two attached hydrogens (primary N) is 1. The second kappa shape index (κ2) is 5.53. The third-order valence-electron chi connectivity index (χ3n) is 3.35. The van der Waals surface area contributed by atoms with Gasteiger partial charge in [0, 0.05) is 0 Å². The molecule has 0 spiro atoms. The van der Waals surface area contributed by atoms with Gasteiger partial charge in [0.15, 0.2) is 0 Å². The summed E-state index contributed by atoms with van der Waals surface area (Å²) in [6.07, 6.45) is 5.02. The van der Waals surface area contributed by atoms with Gasteiger partial charge in [-0.3, -0.25) is 0 Å². The monoisotopic (exact) mass is 229 g/mol. The standard InChI is InChI=1S/C12H23NO3/c1-12(2,16-11(13)15)8-7-9-3-5-10(14)6-4-9/h9-10,14H,3-8H2,1-2H3,(H2,13,15). The summed E-state index contributed by atoms with van der Waals surface area (Å²) < 4.78 is 5.04. The molecule has 16 heavy (non-hydrogen) atoms. The van der Waals surface area contributed by atoms with Gasteiger partial charge in [-0.25, -0.2) is 4.79 Å². The van der Waals surface area contributed by atoms with Crippen molar-refractivity contribution in [3.05, 3.63) is 0 Å². The number of hydrogen-bond donors (Lipinski definition) is 2. The number of primary amides is 1. The molecule has 0 aliphatic heterocycles. The average molecular weight is 229 g/mol. The Morgan fingerprint density at radius 3 is 2.44 bits per heavy atom. The predicted octanol–water partition coefficient (Wildman–Crippen LogP) is 2.19. The lowest BCUT2D eigenvalue weighted by atomic mass is 9.82. The van der Waals surface area contributed by atoms with Gasteiger partial charge in [0.25, 0.3) is 0 Å². The Balaban J connectivity index is 2.25. The molecule has 1 aliphatic carbocycles. The van der Waals surface area contributed by atoms with Crippen LogP contribution in [-0.4, -0.2) is 22.9 Å². The maximum atomic E-state index is 10.7. The van der Waals surface area contributed by atoms with Gasteiger partial charge in [0.05, 0.1) is 6.10 Å². The average Bonchev–Trinajstić information content (AvgIpc) is 2.15. The van der Waals surface area contributed by atoms with Gasteiger partial charge in [-0.15, -0.1) is 0 Å². The van der Waals surface area contributed by atoms with Crippen LogP contribution < -0.4 is 5.73 Å². The number of carbonyl (C=O) groups excluding carboxylic acids is 1. The van der Waals surface area contributed by atoms with Gasteiger partial charge in [-0.05, 0) is 58.3 Å². The van der Waals surface area contributed by atoms with E-state index in [1.807, 2.05) is 13.8 Å². The zero-order chi connectivity index (χ0) is 12.2. The molecule has 1 saturated carbocycles. The largest absolute Gasteiger partial charge is 0.444 e. The molecule has 0 atom stereocenters. The third-order valence-corrected chi connectivity index (χ3v) is 3.35. The Morgan fingerprint density at radius 1 is 1.38 bits per heavy atom. The van der Waals surface area contributed by atoms with E-state index in [0.717, 1.165) is 38.5 Å². The maximum absolute atomic E-state index is 10.7. The van der Waals surface area contributed by atoms with Crippen LogP contribution in [0.3, 0.4) is 0 Å². The number of carbonyl (C=O) groups is 1. The molecule has 94 valence electrons. The number of hydrogen-bond acceptors (Lipinski definition) is 3. The van der Waals surface area contributed by atoms with Crippen molar-refractivity contribution in [3.63, 3.8) is 0 Å². The van der Waals surface area contributed by atoms with Crippen molar-refractivity contribution in [2.24, 2.45) is 11.7 Å². The number of aliphatic hydroxyl groups is 1. The van der Waals surface area contributed by atoms with Crippen LogP contribution in [0.25, 0.3) is 0 Å². The highest BCUT2D eigenvalue weighted by Gasteiger charge is 2.25. The van der Waals surface area contributed by atoms with Crippen LogP contribution in [-0.2, 0) is 4.74 Å². The van der Waals surface area contributed by atoms with E-state index in [2.05, 4.69) is 0 Å². The summed E-state index contributed by atoms with van der Waals surface area (Å²) in [5, 5.41) is 9.39. The van der Waals surface area contributed by atoms with Crippen molar-refractivity contribution in [2.75, 3.05) is 0 Å². The molecule has 0 unspecified atom stereocenters. The molecule has 4 nitrogen and oxygen atoms in total. The van der Waals surface area contributed by atoms with Crippen molar-refractivity contribution in [2.45, 2.75) is 64.1 Å². The van der Waals surface area contributed by atoms with Crippen molar-refractivity contribution in [3.8, 4) is 0 Å². The Bertz CT molecular complexity index is 232. The fraction of sp³-hybridized carbons (Fsp3) is 0.917. The topological polar surface area (TPSA) is 72.6 Å². The minimum atomic E-state index is -0.705. The summed E-state index contributed by atoms with van der Waals surface area (Å²) in [5.74, 6) is 0.652. The molecule has 0 aromatic carbocycles. The van der Waals surface area contributed by atoms with Gasteiger partial charge in [0.1, 0.15) is 5.60 Å². The first kappa shape index (κ1) is 13.3. The van der Waals surface area contributed by atoms with Crippen LogP contribution in [0.4, 0.5) is 4.79 Å². The summed E-state index contributed by atoms with van der Waals surface area (Å²) in [7, 11) is 0. The normalized spacial score (nSPS) is 26.4. The lowest BCUT2D eigenvalue weighted by Crippen LogP contribution is -2.32. The van der Waals surface area contributed by atoms with Gasteiger partial charge < -0.3 is 15.6 Å². The summed E-state index contributed by atoms with van der Waals surface area (Å²) in [4.78, 5) is 10.7. The van der Waals surface area contributed by atoms with E-state index >= 15 is 0 Å². The summed E-state index contributed by atoms with van der Waals surface area (Å²) in [5.41, 5.74) is 4.54. The zero-order valence-electron chi connectivity index (χ0n) is 10.2. The second-order valence-corrected chi connectivity index (χ2v) is 5.39. The fourth-order valence-corrected chi connectivity index (χ4v) is 2.31. The van der Waals surface area contributed by atoms with Crippen molar-refractivity contribution in [1.82, 2.24) is 0 Å². The molecule has 1 fully saturated rings. The molecule has 1 rings (SSSR count). The highest BCUT2D eigenvalue weighted by atomic mass is 16.6. The fourth-order valence-electron chi connectivity index (χ4n) is 2.31. The molecular formula is C12H23NO3. The van der Waals surface area contributed by atoms with Gasteiger partial charge in [-0.1, -0.05) is 0 Å². The third kappa shape index (κ3) is 4.84. The van der Waals surface area contributed by atoms with Crippen LogP contribution in [0.1, 0.15) is 52.4 Å². The predicted molar refractivity (Wildman–Crippen MR) is 61.9 cm³/mol. The summed E-state index contributed by atoms with van der Waals surface area (Å²) >= 11 is 0. The van der Waals surface area contributed by atoms with E-state index in [9.17, 15) is 9.90 Å². The first-order chi connectivity index (χ1) is 7.39. The first-order valence-corrected chi connectivity index (χ1v) is 6.05. The Hall–Kier alpha value is -0.770. The van der Waals surface area contributed by atoms with E-state index in [-0.39, 0.29) is 6.10 Å². The number of aliphatic hydroxyl groups excluding tert-OH is 1. The van der Waals surface area contributed by atoms with E-state index < -0.39 is 11.7 Å². The second-order valence-electron chi connectivity index (χ2n) is 5.39. The van der Waals surface area contributed by atoms with Gasteiger partial charge in [-0.2, -0.15) is 0 Å². The minimum Gasteiger partial charge on any atom is -0.444 e. The Kier molecular flexibility index (Phi) is 4.59. The molecule has 1 aliphatic rings. The molecule has 0 saturated heterocycles. The summed E-state index contributed by atoms with van der Waals surface area (Å²) in [6.45, 7) is 3.77. The van der Waals surface area contributed by atoms with Crippen LogP contribution in [0.15, 0.2) is 0 Å². The molecule has 4 heteroatoms. The van der Waals surface area contributed by atoms with E-state index in [1.165, 1.54) is 0 Å². The highest BCUT2D eigenvalue weighted by Crippen LogP contribution is 2.30.